The Kier molecular flexibility index (Phi) is 3.17. The van der Waals surface area contributed by atoms with Crippen molar-refractivity contribution in [1.29, 1.82) is 0 Å². The third kappa shape index (κ3) is 2.27. The first-order chi connectivity index (χ1) is 7.20. The molecule has 0 bridgehead atoms. The quantitative estimate of drug-likeness (QED) is 0.840. The lowest BCUT2D eigenvalue weighted by atomic mass is 9.96. The maximum Gasteiger partial charge on any atom is 0.122 e. The summed E-state index contributed by atoms with van der Waals surface area (Å²) >= 11 is 6.00. The summed E-state index contributed by atoms with van der Waals surface area (Å²) in [4.78, 5) is 0. The molecule has 0 heterocycles. The second-order valence-electron chi connectivity index (χ2n) is 4.16. The van der Waals surface area contributed by atoms with Gasteiger partial charge < -0.3 is 10.5 Å². The molecule has 82 valence electrons. The lowest BCUT2D eigenvalue weighted by molar-refractivity contribution is 0.405. The molecule has 1 fully saturated rings. The maximum atomic E-state index is 6.00. The minimum atomic E-state index is 0.332. The number of nitrogens with two attached hydrogens (primary N) is 1. The predicted octanol–water partition coefficient (Wildman–Crippen LogP) is 2.94. The second-order valence-corrected chi connectivity index (χ2v) is 4.59. The van der Waals surface area contributed by atoms with Gasteiger partial charge in [0.2, 0.25) is 0 Å². The SMILES string of the molecule is COc1ccc(Cl)cc1C1CCC(N)C1. The van der Waals surface area contributed by atoms with E-state index in [9.17, 15) is 0 Å². The summed E-state index contributed by atoms with van der Waals surface area (Å²) in [6, 6.07) is 6.13. The van der Waals surface area contributed by atoms with Crippen molar-refractivity contribution in [2.24, 2.45) is 5.73 Å². The van der Waals surface area contributed by atoms with E-state index in [2.05, 4.69) is 0 Å². The van der Waals surface area contributed by atoms with Crippen LogP contribution in [-0.4, -0.2) is 13.2 Å². The largest absolute Gasteiger partial charge is 0.496 e. The number of rotatable bonds is 2. The zero-order chi connectivity index (χ0) is 10.8. The fourth-order valence-electron chi connectivity index (χ4n) is 2.32. The van der Waals surface area contributed by atoms with Crippen molar-refractivity contribution in [2.45, 2.75) is 31.2 Å². The van der Waals surface area contributed by atoms with Crippen molar-refractivity contribution < 1.29 is 4.74 Å². The second kappa shape index (κ2) is 4.42. The highest BCUT2D eigenvalue weighted by Gasteiger charge is 2.25. The van der Waals surface area contributed by atoms with Crippen molar-refractivity contribution in [3.8, 4) is 5.75 Å². The Morgan fingerprint density at radius 3 is 2.80 bits per heavy atom. The third-order valence-corrected chi connectivity index (χ3v) is 3.34. The molecule has 2 atom stereocenters. The molecule has 3 heteroatoms. The van der Waals surface area contributed by atoms with Gasteiger partial charge in [-0.2, -0.15) is 0 Å². The van der Waals surface area contributed by atoms with E-state index in [1.54, 1.807) is 7.11 Å². The molecule has 1 aliphatic rings. The van der Waals surface area contributed by atoms with Crippen LogP contribution in [0.15, 0.2) is 18.2 Å². The van der Waals surface area contributed by atoms with Gasteiger partial charge in [-0.15, -0.1) is 0 Å². The van der Waals surface area contributed by atoms with Gasteiger partial charge in [0.25, 0.3) is 0 Å². The van der Waals surface area contributed by atoms with Crippen LogP contribution in [0.25, 0.3) is 0 Å². The van der Waals surface area contributed by atoms with E-state index in [1.165, 1.54) is 5.56 Å². The van der Waals surface area contributed by atoms with E-state index >= 15 is 0 Å². The summed E-state index contributed by atoms with van der Waals surface area (Å²) in [5.41, 5.74) is 7.12. The van der Waals surface area contributed by atoms with Crippen molar-refractivity contribution in [1.82, 2.24) is 0 Å². The molecule has 0 aliphatic heterocycles. The number of hydrogen-bond acceptors (Lipinski definition) is 2. The van der Waals surface area contributed by atoms with E-state index in [0.29, 0.717) is 12.0 Å². The normalized spacial score (nSPS) is 25.5. The molecule has 1 aromatic carbocycles. The molecule has 0 spiro atoms. The van der Waals surface area contributed by atoms with Gasteiger partial charge in [-0.05, 0) is 48.9 Å². The van der Waals surface area contributed by atoms with Gasteiger partial charge in [0.15, 0.2) is 0 Å². The standard InChI is InChI=1S/C12H16ClNO/c1-15-12-5-3-9(13)7-11(12)8-2-4-10(14)6-8/h3,5,7-8,10H,2,4,6,14H2,1H3. The van der Waals surface area contributed by atoms with Gasteiger partial charge in [-0.25, -0.2) is 0 Å². The summed E-state index contributed by atoms with van der Waals surface area (Å²) < 4.78 is 5.35. The maximum absolute atomic E-state index is 6.00. The molecule has 0 radical (unpaired) electrons. The van der Waals surface area contributed by atoms with E-state index < -0.39 is 0 Å². The van der Waals surface area contributed by atoms with Gasteiger partial charge in [0.05, 0.1) is 7.11 Å². The van der Waals surface area contributed by atoms with Crippen LogP contribution in [0.4, 0.5) is 0 Å². The van der Waals surface area contributed by atoms with Gasteiger partial charge in [-0.3, -0.25) is 0 Å². The first-order valence-corrected chi connectivity index (χ1v) is 5.67. The molecule has 0 saturated heterocycles. The summed E-state index contributed by atoms with van der Waals surface area (Å²) in [6.45, 7) is 0. The third-order valence-electron chi connectivity index (χ3n) is 3.10. The first-order valence-electron chi connectivity index (χ1n) is 5.29. The van der Waals surface area contributed by atoms with E-state index in [4.69, 9.17) is 22.1 Å². The van der Waals surface area contributed by atoms with Gasteiger partial charge in [0.1, 0.15) is 5.75 Å². The number of benzene rings is 1. The van der Waals surface area contributed by atoms with Crippen molar-refractivity contribution >= 4 is 11.6 Å². The Morgan fingerprint density at radius 1 is 1.40 bits per heavy atom. The van der Waals surface area contributed by atoms with Crippen LogP contribution in [-0.2, 0) is 0 Å². The van der Waals surface area contributed by atoms with Crippen LogP contribution in [0.5, 0.6) is 5.75 Å². The fraction of sp³-hybridized carbons (Fsp3) is 0.500. The highest BCUT2D eigenvalue weighted by Crippen LogP contribution is 2.39. The Morgan fingerprint density at radius 2 is 2.20 bits per heavy atom. The Balaban J connectivity index is 2.29. The summed E-state index contributed by atoms with van der Waals surface area (Å²) in [7, 11) is 1.70. The minimum Gasteiger partial charge on any atom is -0.496 e. The van der Waals surface area contributed by atoms with Gasteiger partial charge >= 0.3 is 0 Å². The smallest absolute Gasteiger partial charge is 0.122 e. The van der Waals surface area contributed by atoms with Crippen LogP contribution < -0.4 is 10.5 Å². The summed E-state index contributed by atoms with van der Waals surface area (Å²) in [5, 5.41) is 0.770. The molecule has 1 aromatic rings. The molecule has 2 nitrogen and oxygen atoms in total. The molecular weight excluding hydrogens is 210 g/mol. The molecule has 0 aromatic heterocycles. The molecule has 2 N–H and O–H groups in total. The lowest BCUT2D eigenvalue weighted by Gasteiger charge is -2.14. The van der Waals surface area contributed by atoms with Gasteiger partial charge in [0, 0.05) is 11.1 Å². The van der Waals surface area contributed by atoms with E-state index in [-0.39, 0.29) is 0 Å². The summed E-state index contributed by atoms with van der Waals surface area (Å²) in [6.07, 6.45) is 3.27. The van der Waals surface area contributed by atoms with Crippen molar-refractivity contribution in [3.05, 3.63) is 28.8 Å². The number of methoxy groups -OCH3 is 1. The van der Waals surface area contributed by atoms with Crippen LogP contribution >= 0.6 is 11.6 Å². The molecule has 1 aliphatic carbocycles. The highest BCUT2D eigenvalue weighted by molar-refractivity contribution is 6.30. The van der Waals surface area contributed by atoms with Crippen molar-refractivity contribution in [3.63, 3.8) is 0 Å². The molecule has 2 rings (SSSR count). The topological polar surface area (TPSA) is 35.2 Å². The van der Waals surface area contributed by atoms with Crippen LogP contribution in [0.2, 0.25) is 5.02 Å². The zero-order valence-corrected chi connectivity index (χ0v) is 9.63. The van der Waals surface area contributed by atoms with Crippen LogP contribution in [0.3, 0.4) is 0 Å². The summed E-state index contributed by atoms with van der Waals surface area (Å²) in [5.74, 6) is 1.44. The van der Waals surface area contributed by atoms with Crippen molar-refractivity contribution in [2.75, 3.05) is 7.11 Å². The van der Waals surface area contributed by atoms with Gasteiger partial charge in [-0.1, -0.05) is 11.6 Å². The molecule has 1 saturated carbocycles. The fourth-order valence-corrected chi connectivity index (χ4v) is 2.50. The Hall–Kier alpha value is -0.730. The van der Waals surface area contributed by atoms with Crippen LogP contribution in [0, 0.1) is 0 Å². The average molecular weight is 226 g/mol. The number of ether oxygens (including phenoxy) is 1. The Labute approximate surface area is 95.4 Å². The van der Waals surface area contributed by atoms with E-state index in [0.717, 1.165) is 30.0 Å². The Bertz CT molecular complexity index is 353. The first kappa shape index (κ1) is 10.8. The molecule has 0 amide bonds. The van der Waals surface area contributed by atoms with Crippen LogP contribution in [0.1, 0.15) is 30.7 Å². The minimum absolute atomic E-state index is 0.332. The highest BCUT2D eigenvalue weighted by atomic mass is 35.5. The average Bonchev–Trinajstić information content (AvgIpc) is 2.65. The number of halogens is 1. The molecular formula is C12H16ClNO. The zero-order valence-electron chi connectivity index (χ0n) is 8.87. The van der Waals surface area contributed by atoms with E-state index in [1.807, 2.05) is 18.2 Å². The molecule has 15 heavy (non-hydrogen) atoms. The lowest BCUT2D eigenvalue weighted by Crippen LogP contribution is -2.14. The molecule has 2 unspecified atom stereocenters. The monoisotopic (exact) mass is 225 g/mol. The predicted molar refractivity (Wildman–Crippen MR) is 62.6 cm³/mol. The number of hydrogen-bond donors (Lipinski definition) is 1.